The van der Waals surface area contributed by atoms with E-state index >= 15 is 0 Å². The van der Waals surface area contributed by atoms with Crippen LogP contribution >= 0.6 is 11.3 Å². The molecule has 0 atom stereocenters. The third-order valence-electron chi connectivity index (χ3n) is 3.58. The molecule has 0 radical (unpaired) electrons. The zero-order valence-electron chi connectivity index (χ0n) is 13.7. The maximum atomic E-state index is 9.39. The molecule has 120 valence electrons. The first kappa shape index (κ1) is 16.2. The van der Waals surface area contributed by atoms with Gasteiger partial charge in [0.15, 0.2) is 0 Å². The summed E-state index contributed by atoms with van der Waals surface area (Å²) in [6.07, 6.45) is 4.38. The van der Waals surface area contributed by atoms with Crippen LogP contribution in [0.15, 0.2) is 52.5 Å². The molecule has 3 aromatic rings. The SMILES string of the molecule is CC(C)Cc1ccc(-c2csc(/C(C#N)=C\c3ccco3)n2)cc1. The van der Waals surface area contributed by atoms with Gasteiger partial charge in [-0.3, -0.25) is 0 Å². The number of thiazole rings is 1. The molecule has 0 aliphatic rings. The fourth-order valence-corrected chi connectivity index (χ4v) is 3.27. The summed E-state index contributed by atoms with van der Waals surface area (Å²) < 4.78 is 5.27. The van der Waals surface area contributed by atoms with Crippen molar-refractivity contribution in [2.24, 2.45) is 5.92 Å². The van der Waals surface area contributed by atoms with Crippen LogP contribution in [-0.4, -0.2) is 4.98 Å². The lowest BCUT2D eigenvalue weighted by atomic mass is 10.0. The monoisotopic (exact) mass is 334 g/mol. The van der Waals surface area contributed by atoms with Gasteiger partial charge in [0.05, 0.1) is 17.5 Å². The zero-order valence-corrected chi connectivity index (χ0v) is 14.5. The van der Waals surface area contributed by atoms with E-state index < -0.39 is 0 Å². The Balaban J connectivity index is 1.84. The summed E-state index contributed by atoms with van der Waals surface area (Å²) in [5.41, 5.74) is 3.81. The van der Waals surface area contributed by atoms with Crippen LogP contribution in [0.5, 0.6) is 0 Å². The van der Waals surface area contributed by atoms with Crippen LogP contribution in [0.2, 0.25) is 0 Å². The van der Waals surface area contributed by atoms with Gasteiger partial charge in [-0.05, 0) is 30.0 Å². The smallest absolute Gasteiger partial charge is 0.134 e. The number of allylic oxidation sites excluding steroid dienone is 1. The largest absolute Gasteiger partial charge is 0.465 e. The van der Waals surface area contributed by atoms with E-state index in [0.717, 1.165) is 17.7 Å². The fourth-order valence-electron chi connectivity index (χ4n) is 2.47. The highest BCUT2D eigenvalue weighted by Gasteiger charge is 2.10. The van der Waals surface area contributed by atoms with Crippen LogP contribution < -0.4 is 0 Å². The molecule has 0 bridgehead atoms. The first-order valence-corrected chi connectivity index (χ1v) is 8.74. The molecule has 3 nitrogen and oxygen atoms in total. The van der Waals surface area contributed by atoms with Crippen molar-refractivity contribution in [2.75, 3.05) is 0 Å². The molecule has 0 saturated heterocycles. The summed E-state index contributed by atoms with van der Waals surface area (Å²) in [4.78, 5) is 4.61. The van der Waals surface area contributed by atoms with E-state index in [-0.39, 0.29) is 0 Å². The van der Waals surface area contributed by atoms with E-state index in [0.29, 0.717) is 22.3 Å². The van der Waals surface area contributed by atoms with E-state index in [9.17, 15) is 5.26 Å². The third-order valence-corrected chi connectivity index (χ3v) is 4.45. The Hall–Kier alpha value is -2.64. The summed E-state index contributed by atoms with van der Waals surface area (Å²) in [6, 6.07) is 14.3. The minimum atomic E-state index is 0.512. The third kappa shape index (κ3) is 3.81. The Morgan fingerprint density at radius 3 is 2.71 bits per heavy atom. The van der Waals surface area contributed by atoms with Crippen LogP contribution in [0.1, 0.15) is 30.2 Å². The summed E-state index contributed by atoms with van der Waals surface area (Å²) in [6.45, 7) is 4.44. The van der Waals surface area contributed by atoms with E-state index in [2.05, 4.69) is 49.2 Å². The molecule has 2 aromatic heterocycles. The first-order valence-electron chi connectivity index (χ1n) is 7.86. The number of hydrogen-bond donors (Lipinski definition) is 0. The fraction of sp³-hybridized carbons (Fsp3) is 0.200. The molecule has 24 heavy (non-hydrogen) atoms. The van der Waals surface area contributed by atoms with E-state index in [1.54, 1.807) is 18.4 Å². The maximum absolute atomic E-state index is 9.39. The molecule has 4 heteroatoms. The topological polar surface area (TPSA) is 49.8 Å². The van der Waals surface area contributed by atoms with Crippen LogP contribution in [0.3, 0.4) is 0 Å². The Kier molecular flexibility index (Phi) is 4.93. The zero-order chi connectivity index (χ0) is 16.9. The average molecular weight is 334 g/mol. The van der Waals surface area contributed by atoms with Crippen molar-refractivity contribution in [3.05, 3.63) is 64.4 Å². The predicted molar refractivity (Wildman–Crippen MR) is 98.3 cm³/mol. The van der Waals surface area contributed by atoms with Crippen molar-refractivity contribution in [3.63, 3.8) is 0 Å². The second kappa shape index (κ2) is 7.29. The van der Waals surface area contributed by atoms with Gasteiger partial charge in [-0.25, -0.2) is 4.98 Å². The van der Waals surface area contributed by atoms with Gasteiger partial charge in [0.2, 0.25) is 0 Å². The number of hydrogen-bond acceptors (Lipinski definition) is 4. The standard InChI is InChI=1S/C20H18N2OS/c1-14(2)10-15-5-7-16(8-6-15)19-13-24-20(22-19)17(12-21)11-18-4-3-9-23-18/h3-9,11,13-14H,10H2,1-2H3/b17-11-. The number of nitrogens with zero attached hydrogens (tertiary/aromatic N) is 2. The lowest BCUT2D eigenvalue weighted by Crippen LogP contribution is -1.93. The number of benzene rings is 1. The normalized spacial score (nSPS) is 11.7. The van der Waals surface area contributed by atoms with Crippen molar-refractivity contribution >= 4 is 23.0 Å². The molecule has 3 rings (SSSR count). The average Bonchev–Trinajstić information content (AvgIpc) is 3.24. The predicted octanol–water partition coefficient (Wildman–Crippen LogP) is 5.67. The molecular formula is C20H18N2OS. The molecule has 0 N–H and O–H groups in total. The van der Waals surface area contributed by atoms with Crippen LogP contribution in [0, 0.1) is 17.2 Å². The molecule has 0 amide bonds. The van der Waals surface area contributed by atoms with Gasteiger partial charge in [-0.15, -0.1) is 11.3 Å². The summed E-state index contributed by atoms with van der Waals surface area (Å²) >= 11 is 1.47. The van der Waals surface area contributed by atoms with Crippen LogP contribution in [0.4, 0.5) is 0 Å². The second-order valence-electron chi connectivity index (χ2n) is 6.02. The Bertz CT molecular complexity index is 865. The lowest BCUT2D eigenvalue weighted by Gasteiger charge is -2.05. The number of furan rings is 1. The van der Waals surface area contributed by atoms with Crippen molar-refractivity contribution in [1.29, 1.82) is 5.26 Å². The van der Waals surface area contributed by atoms with Crippen molar-refractivity contribution < 1.29 is 4.42 Å². The molecule has 2 heterocycles. The van der Waals surface area contributed by atoms with E-state index in [1.807, 2.05) is 11.4 Å². The lowest BCUT2D eigenvalue weighted by molar-refractivity contribution is 0.557. The summed E-state index contributed by atoms with van der Waals surface area (Å²) in [7, 11) is 0. The highest BCUT2D eigenvalue weighted by molar-refractivity contribution is 7.11. The van der Waals surface area contributed by atoms with Crippen molar-refractivity contribution in [3.8, 4) is 17.3 Å². The number of aromatic nitrogens is 1. The van der Waals surface area contributed by atoms with Gasteiger partial charge in [-0.1, -0.05) is 38.1 Å². The van der Waals surface area contributed by atoms with Crippen molar-refractivity contribution in [1.82, 2.24) is 4.98 Å². The summed E-state index contributed by atoms with van der Waals surface area (Å²) in [5, 5.41) is 12.1. The van der Waals surface area contributed by atoms with Crippen molar-refractivity contribution in [2.45, 2.75) is 20.3 Å². The molecular weight excluding hydrogens is 316 g/mol. The minimum absolute atomic E-state index is 0.512. The van der Waals surface area contributed by atoms with Gasteiger partial charge < -0.3 is 4.42 Å². The van der Waals surface area contributed by atoms with Gasteiger partial charge in [-0.2, -0.15) is 5.26 Å². The molecule has 0 fully saturated rings. The second-order valence-corrected chi connectivity index (χ2v) is 6.88. The molecule has 0 spiro atoms. The van der Waals surface area contributed by atoms with Crippen LogP contribution in [0.25, 0.3) is 22.9 Å². The molecule has 1 aromatic carbocycles. The quantitative estimate of drug-likeness (QED) is 0.565. The Morgan fingerprint density at radius 1 is 1.29 bits per heavy atom. The molecule has 0 saturated carbocycles. The Morgan fingerprint density at radius 2 is 2.08 bits per heavy atom. The first-order chi connectivity index (χ1) is 11.7. The highest BCUT2D eigenvalue weighted by atomic mass is 32.1. The Labute approximate surface area is 145 Å². The molecule has 0 unspecified atom stereocenters. The molecule has 0 aliphatic heterocycles. The number of rotatable bonds is 5. The van der Waals surface area contributed by atoms with E-state index in [4.69, 9.17) is 4.42 Å². The maximum Gasteiger partial charge on any atom is 0.134 e. The molecule has 0 aliphatic carbocycles. The van der Waals surface area contributed by atoms with Gasteiger partial charge in [0.1, 0.15) is 16.8 Å². The van der Waals surface area contributed by atoms with E-state index in [1.165, 1.54) is 16.9 Å². The minimum Gasteiger partial charge on any atom is -0.465 e. The van der Waals surface area contributed by atoms with Crippen LogP contribution in [-0.2, 0) is 6.42 Å². The van der Waals surface area contributed by atoms with Gasteiger partial charge in [0, 0.05) is 17.0 Å². The number of nitriles is 1. The summed E-state index contributed by atoms with van der Waals surface area (Å²) in [5.74, 6) is 1.30. The van der Waals surface area contributed by atoms with Gasteiger partial charge >= 0.3 is 0 Å². The highest BCUT2D eigenvalue weighted by Crippen LogP contribution is 2.27. The van der Waals surface area contributed by atoms with Gasteiger partial charge in [0.25, 0.3) is 0 Å².